The maximum absolute atomic E-state index is 12.3. The highest BCUT2D eigenvalue weighted by Crippen LogP contribution is 2.36. The summed E-state index contributed by atoms with van der Waals surface area (Å²) in [6.45, 7) is 5.51. The van der Waals surface area contributed by atoms with Crippen molar-refractivity contribution in [1.82, 2.24) is 0 Å². The Labute approximate surface area is 238 Å². The number of aliphatic carboxylic acids is 1. The zero-order valence-corrected chi connectivity index (χ0v) is 23.4. The topological polar surface area (TPSA) is 170 Å². The average Bonchev–Trinajstić information content (AvgIpc) is 2.94. The lowest BCUT2D eigenvalue weighted by atomic mass is 9.82. The van der Waals surface area contributed by atoms with Gasteiger partial charge in [0.05, 0.1) is 19.8 Å². The Morgan fingerprint density at radius 3 is 1.90 bits per heavy atom. The molecular weight excluding hydrogens is 538 g/mol. The number of unbranched alkanes of at least 4 members (excludes halogenated alkanes) is 2. The van der Waals surface area contributed by atoms with Gasteiger partial charge in [0.25, 0.3) is 0 Å². The van der Waals surface area contributed by atoms with Crippen molar-refractivity contribution < 1.29 is 52.7 Å². The van der Waals surface area contributed by atoms with Crippen LogP contribution in [0.15, 0.2) is 48.5 Å². The number of benzene rings is 2. The minimum absolute atomic E-state index is 0.115. The summed E-state index contributed by atoms with van der Waals surface area (Å²) in [5.41, 5.74) is 6.35. The number of rotatable bonds is 15. The number of carbonyl (C=O) groups is 4. The van der Waals surface area contributed by atoms with Crippen LogP contribution in [0.3, 0.4) is 0 Å². The van der Waals surface area contributed by atoms with Crippen molar-refractivity contribution in [2.75, 3.05) is 19.8 Å². The molecule has 0 radical (unpaired) electrons. The number of para-hydroxylation sites is 1. The first-order chi connectivity index (χ1) is 19.7. The van der Waals surface area contributed by atoms with Gasteiger partial charge in [0.1, 0.15) is 11.8 Å². The lowest BCUT2D eigenvalue weighted by Crippen LogP contribution is -2.40. The van der Waals surface area contributed by atoms with E-state index in [-0.39, 0.29) is 37.1 Å². The summed E-state index contributed by atoms with van der Waals surface area (Å²) in [5, 5.41) is 9.70. The summed E-state index contributed by atoms with van der Waals surface area (Å²) in [4.78, 5) is 48.6. The van der Waals surface area contributed by atoms with Crippen LogP contribution in [-0.2, 0) is 19.0 Å². The molecule has 2 aromatic carbocycles. The summed E-state index contributed by atoms with van der Waals surface area (Å²) in [6, 6.07) is 11.0. The summed E-state index contributed by atoms with van der Waals surface area (Å²) < 4.78 is 30.9. The van der Waals surface area contributed by atoms with Gasteiger partial charge in [0, 0.05) is 5.92 Å². The molecule has 224 valence electrons. The molecule has 2 rings (SSSR count). The first-order valence-electron chi connectivity index (χ1n) is 13.4. The predicted molar refractivity (Wildman–Crippen MR) is 146 cm³/mol. The lowest BCUT2D eigenvalue weighted by Gasteiger charge is -2.27. The molecule has 3 atom stereocenters. The Kier molecular flexibility index (Phi) is 13.9. The van der Waals surface area contributed by atoms with E-state index >= 15 is 0 Å². The molecule has 0 saturated heterocycles. The third kappa shape index (κ3) is 11.4. The Morgan fingerprint density at radius 1 is 0.780 bits per heavy atom. The smallest absolute Gasteiger partial charge is 0.480 e. The van der Waals surface area contributed by atoms with Crippen LogP contribution < -0.4 is 19.9 Å². The van der Waals surface area contributed by atoms with Crippen LogP contribution in [0.4, 0.5) is 14.4 Å². The number of carboxylic acids is 1. The zero-order valence-electron chi connectivity index (χ0n) is 23.4. The summed E-state index contributed by atoms with van der Waals surface area (Å²) in [6.07, 6.45) is -0.191. The minimum Gasteiger partial charge on any atom is -0.480 e. The Balaban J connectivity index is 2.28. The number of carbonyl (C=O) groups excluding carboxylic acids is 3. The van der Waals surface area contributed by atoms with Crippen molar-refractivity contribution in [3.8, 4) is 17.2 Å². The Bertz CT molecular complexity index is 1140. The second kappa shape index (κ2) is 17.4. The number of carboxylic acid groups (broad SMARTS) is 1. The van der Waals surface area contributed by atoms with Crippen molar-refractivity contribution in [2.24, 2.45) is 11.7 Å². The normalized spacial score (nSPS) is 12.8. The van der Waals surface area contributed by atoms with Crippen molar-refractivity contribution in [3.05, 3.63) is 54.1 Å². The van der Waals surface area contributed by atoms with Gasteiger partial charge >= 0.3 is 24.4 Å². The van der Waals surface area contributed by atoms with Crippen molar-refractivity contribution >= 4 is 24.4 Å². The second-order valence-corrected chi connectivity index (χ2v) is 9.16. The molecular formula is C29H37NO11. The fraction of sp³-hybridized carbons (Fsp3) is 0.448. The van der Waals surface area contributed by atoms with Gasteiger partial charge in [-0.25, -0.2) is 14.4 Å². The highest BCUT2D eigenvalue weighted by molar-refractivity contribution is 5.75. The quantitative estimate of drug-likeness (QED) is 0.116. The van der Waals surface area contributed by atoms with Crippen LogP contribution in [0.2, 0.25) is 0 Å². The summed E-state index contributed by atoms with van der Waals surface area (Å²) in [7, 11) is 0. The maximum atomic E-state index is 12.3. The van der Waals surface area contributed by atoms with E-state index in [0.29, 0.717) is 18.4 Å². The third-order valence-corrected chi connectivity index (χ3v) is 5.87. The van der Waals surface area contributed by atoms with Crippen molar-refractivity contribution in [1.29, 1.82) is 0 Å². The molecule has 3 N–H and O–H groups in total. The molecule has 0 bridgehead atoms. The zero-order chi connectivity index (χ0) is 30.2. The Hall–Kier alpha value is -4.32. The van der Waals surface area contributed by atoms with E-state index in [1.165, 1.54) is 18.2 Å². The molecule has 0 aromatic heterocycles. The molecule has 12 nitrogen and oxygen atoms in total. The molecule has 0 fully saturated rings. The van der Waals surface area contributed by atoms with E-state index < -0.39 is 42.3 Å². The van der Waals surface area contributed by atoms with Crippen LogP contribution in [0.5, 0.6) is 17.2 Å². The molecule has 0 aliphatic carbocycles. The van der Waals surface area contributed by atoms with Gasteiger partial charge in [-0.1, -0.05) is 57.9 Å². The first-order valence-corrected chi connectivity index (χ1v) is 13.4. The van der Waals surface area contributed by atoms with Crippen molar-refractivity contribution in [3.63, 3.8) is 0 Å². The molecule has 0 aliphatic heterocycles. The van der Waals surface area contributed by atoms with Gasteiger partial charge in [-0.15, -0.1) is 0 Å². The molecule has 0 aliphatic rings. The monoisotopic (exact) mass is 575 g/mol. The van der Waals surface area contributed by atoms with E-state index in [0.717, 1.165) is 12.8 Å². The van der Waals surface area contributed by atoms with Gasteiger partial charge in [-0.3, -0.25) is 4.79 Å². The molecule has 41 heavy (non-hydrogen) atoms. The Morgan fingerprint density at radius 2 is 1.34 bits per heavy atom. The largest absolute Gasteiger partial charge is 0.513 e. The van der Waals surface area contributed by atoms with Crippen LogP contribution >= 0.6 is 0 Å². The number of hydrogen-bond acceptors (Lipinski definition) is 11. The highest BCUT2D eigenvalue weighted by Gasteiger charge is 2.33. The third-order valence-electron chi connectivity index (χ3n) is 5.87. The number of nitrogens with two attached hydrogens (primary N) is 1. The fourth-order valence-electron chi connectivity index (χ4n) is 3.70. The fourth-order valence-corrected chi connectivity index (χ4v) is 3.70. The van der Waals surface area contributed by atoms with Gasteiger partial charge in [0.15, 0.2) is 11.5 Å². The van der Waals surface area contributed by atoms with Gasteiger partial charge in [0.2, 0.25) is 0 Å². The molecule has 12 heteroatoms. The second-order valence-electron chi connectivity index (χ2n) is 9.16. The van der Waals surface area contributed by atoms with E-state index in [1.54, 1.807) is 37.3 Å². The molecule has 0 heterocycles. The van der Waals surface area contributed by atoms with Gasteiger partial charge in [-0.05, 0) is 48.6 Å². The van der Waals surface area contributed by atoms with Crippen LogP contribution in [0.25, 0.3) is 0 Å². The highest BCUT2D eigenvalue weighted by atomic mass is 16.7. The average molecular weight is 576 g/mol. The molecule has 2 unspecified atom stereocenters. The van der Waals surface area contributed by atoms with Crippen LogP contribution in [0.1, 0.15) is 57.9 Å². The van der Waals surface area contributed by atoms with E-state index in [2.05, 4.69) is 0 Å². The summed E-state index contributed by atoms with van der Waals surface area (Å²) >= 11 is 0. The van der Waals surface area contributed by atoms with Crippen LogP contribution in [-0.4, -0.2) is 55.4 Å². The van der Waals surface area contributed by atoms with E-state index in [9.17, 15) is 24.3 Å². The van der Waals surface area contributed by atoms with E-state index in [4.69, 9.17) is 34.2 Å². The number of hydrogen-bond donors (Lipinski definition) is 2. The molecule has 2 aromatic rings. The molecule has 0 spiro atoms. The molecule has 0 saturated carbocycles. The standard InChI is InChI=1S/C29H37NO11/c1-4-6-15-36-27(33)40-22-14-13-20(17-23(22)41-28(34)37-16-7-5-2)24(25(30)26(31)32)19(3)18-38-29(35)39-21-11-9-8-10-12-21/h8-14,17,19,24-25H,4-7,15-16,18,30H2,1-3H3,(H,31,32)/t19?,24?,25-/m0/s1. The first kappa shape index (κ1) is 32.9. The lowest BCUT2D eigenvalue weighted by molar-refractivity contribution is -0.139. The minimum atomic E-state index is -1.44. The van der Waals surface area contributed by atoms with E-state index in [1.807, 2.05) is 13.8 Å². The van der Waals surface area contributed by atoms with Crippen molar-refractivity contribution in [2.45, 2.75) is 58.4 Å². The number of ether oxygens (including phenoxy) is 6. The molecule has 0 amide bonds. The maximum Gasteiger partial charge on any atom is 0.513 e. The van der Waals surface area contributed by atoms with Gasteiger partial charge in [-0.2, -0.15) is 0 Å². The van der Waals surface area contributed by atoms with Gasteiger partial charge < -0.3 is 39.3 Å². The SMILES string of the molecule is CCCCOC(=O)Oc1ccc(C(C(C)COC(=O)Oc2ccccc2)[C@H](N)C(=O)O)cc1OC(=O)OCCCC. The predicted octanol–water partition coefficient (Wildman–Crippen LogP) is 5.66. The van der Waals surface area contributed by atoms with Crippen LogP contribution in [0, 0.1) is 5.92 Å². The summed E-state index contributed by atoms with van der Waals surface area (Å²) in [5.74, 6) is -2.97.